The predicted molar refractivity (Wildman–Crippen MR) is 186 cm³/mol. The molecule has 2 N–H and O–H groups in total. The Morgan fingerprint density at radius 2 is 1.73 bits per heavy atom. The summed E-state index contributed by atoms with van der Waals surface area (Å²) in [5, 5.41) is 12.7. The van der Waals surface area contributed by atoms with Crippen molar-refractivity contribution in [2.24, 2.45) is 0 Å². The Bertz CT molecular complexity index is 1800. The first kappa shape index (κ1) is 37.2. The monoisotopic (exact) mass is 708 g/mol. The molecule has 3 aromatic carbocycles. The van der Waals surface area contributed by atoms with Crippen molar-refractivity contribution in [3.8, 4) is 16.9 Å². The number of halogens is 3. The van der Waals surface area contributed by atoms with Gasteiger partial charge in [-0.15, -0.1) is 0 Å². The first-order valence-electron chi connectivity index (χ1n) is 17.0. The van der Waals surface area contributed by atoms with Gasteiger partial charge in [-0.3, -0.25) is 14.4 Å². The number of hydrogen-bond donors (Lipinski definition) is 2. The highest BCUT2D eigenvalue weighted by atomic mass is 19.4. The van der Waals surface area contributed by atoms with Gasteiger partial charge in [0.1, 0.15) is 5.75 Å². The maximum atomic E-state index is 14.9. The number of carbonyl (C=O) groups is 4. The summed E-state index contributed by atoms with van der Waals surface area (Å²) in [4.78, 5) is 56.2. The van der Waals surface area contributed by atoms with E-state index in [1.54, 1.807) is 20.8 Å². The minimum absolute atomic E-state index is 0.0210. The van der Waals surface area contributed by atoms with E-state index in [1.807, 2.05) is 54.6 Å². The van der Waals surface area contributed by atoms with Crippen LogP contribution in [0.4, 0.5) is 23.7 Å². The highest BCUT2D eigenvalue weighted by Crippen LogP contribution is 2.45. The SMILES string of the molecule is CCC(=O)NCCN1C(=O)C(C)(C)Oc2cc(C(F)(F)F)c(C(=O)N(C(C)C)[C@H]3CN(C(=O)O)CC[C@@H]3c3cccc(-c4ccccc4)c3)cc21. The smallest absolute Gasteiger partial charge is 0.417 e. The summed E-state index contributed by atoms with van der Waals surface area (Å²) in [5.41, 5.74) is -0.803. The molecule has 2 atom stereocenters. The summed E-state index contributed by atoms with van der Waals surface area (Å²) in [6.07, 6.45) is -5.64. The van der Waals surface area contributed by atoms with E-state index in [1.165, 1.54) is 28.5 Å². The Hall–Kier alpha value is -5.07. The van der Waals surface area contributed by atoms with Crippen LogP contribution in [0.1, 0.15) is 74.9 Å². The fourth-order valence-electron chi connectivity index (χ4n) is 6.94. The van der Waals surface area contributed by atoms with Crippen molar-refractivity contribution >= 4 is 29.5 Å². The van der Waals surface area contributed by atoms with E-state index in [0.29, 0.717) is 6.42 Å². The van der Waals surface area contributed by atoms with E-state index in [9.17, 15) is 37.5 Å². The third kappa shape index (κ3) is 7.82. The van der Waals surface area contributed by atoms with Crippen molar-refractivity contribution in [2.75, 3.05) is 31.1 Å². The zero-order valence-corrected chi connectivity index (χ0v) is 29.3. The number of piperidine rings is 1. The molecule has 0 bridgehead atoms. The van der Waals surface area contributed by atoms with Crippen molar-refractivity contribution in [1.29, 1.82) is 0 Å². The van der Waals surface area contributed by atoms with Gasteiger partial charge in [-0.05, 0) is 62.9 Å². The molecule has 2 aliphatic heterocycles. The molecule has 272 valence electrons. The molecule has 0 spiro atoms. The zero-order chi connectivity index (χ0) is 37.2. The first-order chi connectivity index (χ1) is 24.0. The number of likely N-dealkylation sites (tertiary alicyclic amines) is 1. The number of carboxylic acid groups (broad SMARTS) is 1. The number of alkyl halides is 3. The minimum Gasteiger partial charge on any atom is -0.476 e. The second kappa shape index (κ2) is 14.7. The molecule has 51 heavy (non-hydrogen) atoms. The van der Waals surface area contributed by atoms with Crippen molar-refractivity contribution in [3.63, 3.8) is 0 Å². The number of hydrogen-bond acceptors (Lipinski definition) is 5. The molecule has 1 saturated heterocycles. The second-order valence-corrected chi connectivity index (χ2v) is 13.6. The van der Waals surface area contributed by atoms with Crippen LogP contribution in [0.25, 0.3) is 11.1 Å². The largest absolute Gasteiger partial charge is 0.476 e. The number of rotatable bonds is 9. The second-order valence-electron chi connectivity index (χ2n) is 13.6. The van der Waals surface area contributed by atoms with Crippen LogP contribution in [0.2, 0.25) is 0 Å². The Balaban J connectivity index is 1.62. The molecule has 0 saturated carbocycles. The molecule has 4 amide bonds. The quantitative estimate of drug-likeness (QED) is 0.253. The topological polar surface area (TPSA) is 119 Å². The van der Waals surface area contributed by atoms with Gasteiger partial charge in [0.2, 0.25) is 5.91 Å². The highest BCUT2D eigenvalue weighted by molar-refractivity contribution is 6.05. The Morgan fingerprint density at radius 3 is 2.35 bits per heavy atom. The summed E-state index contributed by atoms with van der Waals surface area (Å²) in [6, 6.07) is 17.6. The number of anilines is 1. The predicted octanol–water partition coefficient (Wildman–Crippen LogP) is 6.79. The van der Waals surface area contributed by atoms with Crippen molar-refractivity contribution in [3.05, 3.63) is 83.4 Å². The van der Waals surface area contributed by atoms with Crippen LogP contribution in [-0.4, -0.2) is 82.6 Å². The van der Waals surface area contributed by atoms with E-state index in [0.717, 1.165) is 28.8 Å². The Morgan fingerprint density at radius 1 is 1.04 bits per heavy atom. The minimum atomic E-state index is -4.99. The molecule has 0 unspecified atom stereocenters. The number of benzene rings is 3. The highest BCUT2D eigenvalue weighted by Gasteiger charge is 2.46. The first-order valence-corrected chi connectivity index (χ1v) is 17.0. The number of ether oxygens (including phenoxy) is 1. The van der Waals surface area contributed by atoms with Crippen LogP contribution in [0.5, 0.6) is 5.75 Å². The van der Waals surface area contributed by atoms with E-state index in [-0.39, 0.29) is 49.9 Å². The number of nitrogens with one attached hydrogen (secondary N) is 1. The van der Waals surface area contributed by atoms with E-state index < -0.39 is 58.8 Å². The summed E-state index contributed by atoms with van der Waals surface area (Å²) in [5.74, 6) is -2.42. The lowest BCUT2D eigenvalue weighted by atomic mass is 9.82. The van der Waals surface area contributed by atoms with Gasteiger partial charge in [0.05, 0.1) is 22.9 Å². The van der Waals surface area contributed by atoms with Gasteiger partial charge in [-0.1, -0.05) is 61.5 Å². The van der Waals surface area contributed by atoms with E-state index in [4.69, 9.17) is 4.74 Å². The standard InChI is InChI=1S/C38H43F3N4O6/c1-6-33(46)42-16-18-44-30-20-28(29(38(39,40)41)21-32(30)51-37(4,5)35(44)48)34(47)45(23(2)3)31-22-43(36(49)50)17-15-27(31)26-14-10-13-25(19-26)24-11-8-7-9-12-24/h7-14,19-21,23,27,31H,6,15-18,22H2,1-5H3,(H,42,46)(H,49,50)/t27-,31+/m1/s1. The van der Waals surface area contributed by atoms with Crippen LogP contribution in [0.3, 0.4) is 0 Å². The number of fused-ring (bicyclic) bond motifs is 1. The van der Waals surface area contributed by atoms with Gasteiger partial charge >= 0.3 is 12.3 Å². The van der Waals surface area contributed by atoms with Gasteiger partial charge in [-0.2, -0.15) is 13.2 Å². The average molecular weight is 709 g/mol. The third-order valence-electron chi connectivity index (χ3n) is 9.45. The van der Waals surface area contributed by atoms with E-state index >= 15 is 0 Å². The van der Waals surface area contributed by atoms with Gasteiger partial charge in [0.15, 0.2) is 5.60 Å². The average Bonchev–Trinajstić information content (AvgIpc) is 3.09. The molecule has 10 nitrogen and oxygen atoms in total. The number of nitrogens with zero attached hydrogens (tertiary/aromatic N) is 3. The Kier molecular flexibility index (Phi) is 10.7. The molecule has 1 fully saturated rings. The summed E-state index contributed by atoms with van der Waals surface area (Å²) >= 11 is 0. The van der Waals surface area contributed by atoms with Crippen molar-refractivity contribution in [2.45, 2.75) is 77.2 Å². The van der Waals surface area contributed by atoms with Gasteiger partial charge in [0.25, 0.3) is 11.8 Å². The molecule has 0 radical (unpaired) electrons. The summed E-state index contributed by atoms with van der Waals surface area (Å²) in [7, 11) is 0. The molecule has 2 aliphatic rings. The van der Waals surface area contributed by atoms with Crippen LogP contribution < -0.4 is 15.0 Å². The fourth-order valence-corrected chi connectivity index (χ4v) is 6.94. The molecule has 0 aliphatic carbocycles. The lowest BCUT2D eigenvalue weighted by Gasteiger charge is -2.46. The fraction of sp³-hybridized carbons (Fsp3) is 0.421. The van der Waals surface area contributed by atoms with Crippen LogP contribution >= 0.6 is 0 Å². The maximum absolute atomic E-state index is 14.9. The molecular weight excluding hydrogens is 665 g/mol. The van der Waals surface area contributed by atoms with Crippen molar-refractivity contribution < 1.29 is 42.2 Å². The lowest BCUT2D eigenvalue weighted by Crippen LogP contribution is -2.57. The Labute approximate surface area is 295 Å². The van der Waals surface area contributed by atoms with Crippen molar-refractivity contribution in [1.82, 2.24) is 15.1 Å². The molecule has 2 heterocycles. The number of carbonyl (C=O) groups excluding carboxylic acids is 3. The normalized spacial score (nSPS) is 18.6. The summed E-state index contributed by atoms with van der Waals surface area (Å²) < 4.78 is 50.4. The third-order valence-corrected chi connectivity index (χ3v) is 9.45. The molecule has 13 heteroatoms. The number of amides is 4. The zero-order valence-electron chi connectivity index (χ0n) is 29.3. The molecule has 3 aromatic rings. The maximum Gasteiger partial charge on any atom is 0.417 e. The molecular formula is C38H43F3N4O6. The van der Waals surface area contributed by atoms with Crippen LogP contribution in [-0.2, 0) is 15.8 Å². The molecule has 0 aromatic heterocycles. The molecule has 5 rings (SSSR count). The summed E-state index contributed by atoms with van der Waals surface area (Å²) in [6.45, 7) is 7.90. The van der Waals surface area contributed by atoms with Gasteiger partial charge in [0, 0.05) is 44.6 Å². The van der Waals surface area contributed by atoms with Crippen LogP contribution in [0.15, 0.2) is 66.7 Å². The van der Waals surface area contributed by atoms with Gasteiger partial charge < -0.3 is 29.9 Å². The van der Waals surface area contributed by atoms with Crippen LogP contribution in [0, 0.1) is 0 Å². The lowest BCUT2D eigenvalue weighted by molar-refractivity contribution is -0.138. The van der Waals surface area contributed by atoms with E-state index in [2.05, 4.69) is 5.32 Å². The van der Waals surface area contributed by atoms with Gasteiger partial charge in [-0.25, -0.2) is 4.79 Å².